The fraction of sp³-hybridized carbons (Fsp3) is 0.412. The lowest BCUT2D eigenvalue weighted by Gasteiger charge is -2.10. The van der Waals surface area contributed by atoms with E-state index in [-0.39, 0.29) is 11.9 Å². The Morgan fingerprint density at radius 3 is 2.62 bits per heavy atom. The molecule has 1 saturated carbocycles. The number of urea groups is 1. The molecule has 9 heteroatoms. The predicted molar refractivity (Wildman–Crippen MR) is 105 cm³/mol. The summed E-state index contributed by atoms with van der Waals surface area (Å²) in [6.45, 7) is 1.98. The molecule has 1 aliphatic carbocycles. The van der Waals surface area contributed by atoms with Crippen LogP contribution in [-0.2, 0) is 4.79 Å². The zero-order chi connectivity index (χ0) is 18.4. The predicted octanol–water partition coefficient (Wildman–Crippen LogP) is 3.64. The Morgan fingerprint density at radius 1 is 1.15 bits per heavy atom. The number of anilines is 2. The summed E-state index contributed by atoms with van der Waals surface area (Å²) < 4.78 is 0.650. The van der Waals surface area contributed by atoms with Gasteiger partial charge in [0.25, 0.3) is 0 Å². The molecule has 0 unspecified atom stereocenters. The molecular formula is C17H21N5O2S2. The second kappa shape index (κ2) is 9.00. The number of hydrogen-bond donors (Lipinski definition) is 3. The number of nitrogens with zero attached hydrogens (tertiary/aromatic N) is 2. The normalized spacial score (nSPS) is 14.2. The maximum atomic E-state index is 12.0. The molecule has 0 spiro atoms. The first kappa shape index (κ1) is 18.7. The molecule has 0 bridgehead atoms. The Morgan fingerprint density at radius 2 is 1.88 bits per heavy atom. The van der Waals surface area contributed by atoms with Crippen molar-refractivity contribution in [2.24, 2.45) is 0 Å². The van der Waals surface area contributed by atoms with Gasteiger partial charge in [-0.25, -0.2) is 4.79 Å². The molecule has 1 aliphatic rings. The molecule has 2 aromatic rings. The molecule has 0 aliphatic heterocycles. The van der Waals surface area contributed by atoms with Gasteiger partial charge in [-0.2, -0.15) is 0 Å². The molecule has 26 heavy (non-hydrogen) atoms. The minimum atomic E-state index is -0.375. The lowest BCUT2D eigenvalue weighted by atomic mass is 10.2. The number of aryl methyl sites for hydroxylation is 1. The van der Waals surface area contributed by atoms with Crippen molar-refractivity contribution < 1.29 is 9.59 Å². The standard InChI is InChI=1S/C17H21N5O2S2/c1-11-6-8-13(9-7-11)19-15(24)20-16-21-22-17(26-16)25-10-14(23)18-12-4-2-3-5-12/h6-9,12H,2-5,10H2,1H3,(H,18,23)(H2,19,20,21,24). The minimum absolute atomic E-state index is 0.0173. The van der Waals surface area contributed by atoms with Crippen molar-refractivity contribution in [3.05, 3.63) is 29.8 Å². The number of carbonyl (C=O) groups excluding carboxylic acids is 2. The summed E-state index contributed by atoms with van der Waals surface area (Å²) in [5.41, 5.74) is 1.83. The molecule has 138 valence electrons. The summed E-state index contributed by atoms with van der Waals surface area (Å²) in [5, 5.41) is 16.8. The summed E-state index contributed by atoms with van der Waals surface area (Å²) in [6.07, 6.45) is 4.51. The number of amides is 3. The number of rotatable bonds is 6. The Balaban J connectivity index is 1.42. The Kier molecular flexibility index (Phi) is 6.45. The van der Waals surface area contributed by atoms with Crippen LogP contribution in [0.25, 0.3) is 0 Å². The molecule has 7 nitrogen and oxygen atoms in total. The van der Waals surface area contributed by atoms with Crippen LogP contribution in [0.1, 0.15) is 31.2 Å². The molecule has 0 saturated heterocycles. The summed E-state index contributed by atoms with van der Waals surface area (Å²) in [7, 11) is 0. The fourth-order valence-electron chi connectivity index (χ4n) is 2.68. The molecule has 0 atom stereocenters. The lowest BCUT2D eigenvalue weighted by molar-refractivity contribution is -0.119. The first-order valence-corrected chi connectivity index (χ1v) is 10.3. The van der Waals surface area contributed by atoms with Crippen LogP contribution in [0.15, 0.2) is 28.6 Å². The van der Waals surface area contributed by atoms with Crippen LogP contribution >= 0.6 is 23.1 Å². The Hall–Kier alpha value is -2.13. The van der Waals surface area contributed by atoms with E-state index in [1.807, 2.05) is 31.2 Å². The highest BCUT2D eigenvalue weighted by atomic mass is 32.2. The highest BCUT2D eigenvalue weighted by Crippen LogP contribution is 2.26. The third kappa shape index (κ3) is 5.70. The van der Waals surface area contributed by atoms with E-state index in [1.54, 1.807) is 0 Å². The van der Waals surface area contributed by atoms with Crippen LogP contribution < -0.4 is 16.0 Å². The van der Waals surface area contributed by atoms with E-state index < -0.39 is 0 Å². The summed E-state index contributed by atoms with van der Waals surface area (Å²) in [6, 6.07) is 7.46. The fourth-order valence-corrected chi connectivity index (χ4v) is 4.24. The molecule has 3 N–H and O–H groups in total. The Labute approximate surface area is 160 Å². The van der Waals surface area contributed by atoms with E-state index in [2.05, 4.69) is 26.1 Å². The zero-order valence-electron chi connectivity index (χ0n) is 14.4. The van der Waals surface area contributed by atoms with E-state index in [0.29, 0.717) is 27.0 Å². The third-order valence-corrected chi connectivity index (χ3v) is 5.96. The van der Waals surface area contributed by atoms with Crippen molar-refractivity contribution in [2.45, 2.75) is 43.0 Å². The number of hydrogen-bond acceptors (Lipinski definition) is 6. The second-order valence-corrected chi connectivity index (χ2v) is 8.36. The van der Waals surface area contributed by atoms with Gasteiger partial charge in [-0.15, -0.1) is 10.2 Å². The average Bonchev–Trinajstić information content (AvgIpc) is 3.27. The quantitative estimate of drug-likeness (QED) is 0.516. The van der Waals surface area contributed by atoms with Crippen molar-refractivity contribution in [1.82, 2.24) is 15.5 Å². The van der Waals surface area contributed by atoms with Crippen molar-refractivity contribution in [3.8, 4) is 0 Å². The summed E-state index contributed by atoms with van der Waals surface area (Å²) in [4.78, 5) is 23.9. The topological polar surface area (TPSA) is 96.0 Å². The highest BCUT2D eigenvalue weighted by molar-refractivity contribution is 8.01. The molecule has 1 fully saturated rings. The first-order valence-electron chi connectivity index (χ1n) is 8.49. The maximum Gasteiger partial charge on any atom is 0.325 e. The van der Waals surface area contributed by atoms with Gasteiger partial charge in [-0.05, 0) is 31.9 Å². The minimum Gasteiger partial charge on any atom is -0.353 e. The van der Waals surface area contributed by atoms with Gasteiger partial charge in [0.05, 0.1) is 5.75 Å². The van der Waals surface area contributed by atoms with Crippen LogP contribution in [0.4, 0.5) is 15.6 Å². The first-order chi connectivity index (χ1) is 12.6. The van der Waals surface area contributed by atoms with Crippen molar-refractivity contribution in [2.75, 3.05) is 16.4 Å². The van der Waals surface area contributed by atoms with Gasteiger partial charge >= 0.3 is 6.03 Å². The average molecular weight is 392 g/mol. The lowest BCUT2D eigenvalue weighted by Crippen LogP contribution is -2.33. The van der Waals surface area contributed by atoms with E-state index >= 15 is 0 Å². The van der Waals surface area contributed by atoms with Crippen LogP contribution in [0.5, 0.6) is 0 Å². The van der Waals surface area contributed by atoms with E-state index in [9.17, 15) is 9.59 Å². The van der Waals surface area contributed by atoms with Gasteiger partial charge in [0.15, 0.2) is 4.34 Å². The number of benzene rings is 1. The van der Waals surface area contributed by atoms with Crippen LogP contribution in [0.3, 0.4) is 0 Å². The largest absolute Gasteiger partial charge is 0.353 e. The SMILES string of the molecule is Cc1ccc(NC(=O)Nc2nnc(SCC(=O)NC3CCCC3)s2)cc1. The van der Waals surface area contributed by atoms with Crippen LogP contribution in [0.2, 0.25) is 0 Å². The number of aromatic nitrogens is 2. The molecule has 1 heterocycles. The van der Waals surface area contributed by atoms with E-state index in [4.69, 9.17) is 0 Å². The molecule has 1 aromatic heterocycles. The molecule has 3 rings (SSSR count). The molecule has 3 amide bonds. The molecule has 1 aromatic carbocycles. The summed E-state index contributed by atoms with van der Waals surface area (Å²) in [5.74, 6) is 0.324. The van der Waals surface area contributed by atoms with Crippen LogP contribution in [-0.4, -0.2) is 33.9 Å². The monoisotopic (exact) mass is 391 g/mol. The number of nitrogens with one attached hydrogen (secondary N) is 3. The Bertz CT molecular complexity index is 757. The molecular weight excluding hydrogens is 370 g/mol. The second-order valence-electron chi connectivity index (χ2n) is 6.16. The van der Waals surface area contributed by atoms with Crippen LogP contribution in [0, 0.1) is 6.92 Å². The number of thioether (sulfide) groups is 1. The third-order valence-electron chi connectivity index (χ3n) is 3.98. The van der Waals surface area contributed by atoms with Gasteiger partial charge in [0, 0.05) is 11.7 Å². The van der Waals surface area contributed by atoms with Crippen molar-refractivity contribution >= 4 is 45.9 Å². The smallest absolute Gasteiger partial charge is 0.325 e. The zero-order valence-corrected chi connectivity index (χ0v) is 16.1. The maximum absolute atomic E-state index is 12.0. The van der Waals surface area contributed by atoms with Crippen molar-refractivity contribution in [3.63, 3.8) is 0 Å². The van der Waals surface area contributed by atoms with Gasteiger partial charge in [0.1, 0.15) is 0 Å². The van der Waals surface area contributed by atoms with Gasteiger partial charge in [-0.1, -0.05) is 53.6 Å². The van der Waals surface area contributed by atoms with Gasteiger partial charge < -0.3 is 10.6 Å². The van der Waals surface area contributed by atoms with Gasteiger partial charge in [0.2, 0.25) is 11.0 Å². The van der Waals surface area contributed by atoms with Crippen molar-refractivity contribution in [1.29, 1.82) is 0 Å². The van der Waals surface area contributed by atoms with E-state index in [0.717, 1.165) is 18.4 Å². The highest BCUT2D eigenvalue weighted by Gasteiger charge is 2.17. The molecule has 0 radical (unpaired) electrons. The summed E-state index contributed by atoms with van der Waals surface area (Å²) >= 11 is 2.57. The van der Waals surface area contributed by atoms with Gasteiger partial charge in [-0.3, -0.25) is 10.1 Å². The number of carbonyl (C=O) groups is 2. The van der Waals surface area contributed by atoms with E-state index in [1.165, 1.54) is 35.9 Å².